The molecule has 5 nitrogen and oxygen atoms in total. The van der Waals surface area contributed by atoms with E-state index >= 15 is 0 Å². The van der Waals surface area contributed by atoms with Gasteiger partial charge >= 0.3 is 0 Å². The lowest BCUT2D eigenvalue weighted by molar-refractivity contribution is 0.0469. The molecule has 1 aromatic heterocycles. The molecule has 0 spiro atoms. The van der Waals surface area contributed by atoms with Crippen LogP contribution in [0.3, 0.4) is 0 Å². The predicted molar refractivity (Wildman–Crippen MR) is 82.0 cm³/mol. The van der Waals surface area contributed by atoms with E-state index in [1.807, 2.05) is 6.07 Å². The van der Waals surface area contributed by atoms with Gasteiger partial charge in [-0.25, -0.2) is 4.63 Å². The molecule has 0 bridgehead atoms. The summed E-state index contributed by atoms with van der Waals surface area (Å²) in [5.41, 5.74) is 7.65. The van der Waals surface area contributed by atoms with Crippen LogP contribution in [0.4, 0.5) is 5.69 Å². The zero-order valence-corrected chi connectivity index (χ0v) is 12.9. The summed E-state index contributed by atoms with van der Waals surface area (Å²) < 4.78 is 11.1. The molecular weight excluding hydrogens is 266 g/mol. The van der Waals surface area contributed by atoms with Crippen molar-refractivity contribution in [3.63, 3.8) is 0 Å². The van der Waals surface area contributed by atoms with Gasteiger partial charge in [-0.15, -0.1) is 0 Å². The topological polar surface area (TPSA) is 74.2 Å². The molecule has 3 atom stereocenters. The van der Waals surface area contributed by atoms with Gasteiger partial charge in [0, 0.05) is 0 Å². The summed E-state index contributed by atoms with van der Waals surface area (Å²) >= 11 is 0. The van der Waals surface area contributed by atoms with Crippen molar-refractivity contribution in [2.75, 3.05) is 5.73 Å². The monoisotopic (exact) mass is 289 g/mol. The van der Waals surface area contributed by atoms with E-state index in [9.17, 15) is 0 Å². The van der Waals surface area contributed by atoms with Crippen LogP contribution in [0.25, 0.3) is 11.0 Å². The summed E-state index contributed by atoms with van der Waals surface area (Å²) in [5.74, 6) is 2.62. The Labute approximate surface area is 124 Å². The number of ether oxygens (including phenoxy) is 1. The van der Waals surface area contributed by atoms with Gasteiger partial charge in [0.05, 0.1) is 5.69 Å². The van der Waals surface area contributed by atoms with E-state index in [1.54, 1.807) is 6.07 Å². The smallest absolute Gasteiger partial charge is 0.179 e. The molecule has 2 aromatic rings. The number of nitrogen functional groups attached to an aromatic ring is 1. The molecular formula is C16H23N3O2. The van der Waals surface area contributed by atoms with Gasteiger partial charge < -0.3 is 10.5 Å². The summed E-state index contributed by atoms with van der Waals surface area (Å²) in [4.78, 5) is 0. The highest BCUT2D eigenvalue weighted by molar-refractivity contribution is 5.90. The Morgan fingerprint density at radius 3 is 2.76 bits per heavy atom. The van der Waals surface area contributed by atoms with E-state index in [0.29, 0.717) is 34.5 Å². The van der Waals surface area contributed by atoms with Crippen LogP contribution in [0.15, 0.2) is 16.8 Å². The standard InChI is InChI=1S/C16H23N3O2/c1-9(2)11-5-4-10(3)8-14(11)20-13-7-6-12(17)15-16(13)19-21-18-15/h6-7,9-11,14H,4-5,8,17H2,1-3H3. The third kappa shape index (κ3) is 2.69. The third-order valence-electron chi connectivity index (χ3n) is 4.65. The molecule has 5 heteroatoms. The SMILES string of the molecule is CC1CCC(C(C)C)C(Oc2ccc(N)c3nonc23)C1. The molecule has 0 radical (unpaired) electrons. The van der Waals surface area contributed by atoms with Crippen LogP contribution in [0, 0.1) is 17.8 Å². The Bertz CT molecular complexity index is 623. The highest BCUT2D eigenvalue weighted by Gasteiger charge is 2.32. The lowest BCUT2D eigenvalue weighted by Gasteiger charge is -2.37. The maximum atomic E-state index is 6.31. The van der Waals surface area contributed by atoms with Crippen LogP contribution < -0.4 is 10.5 Å². The second-order valence-electron chi connectivity index (χ2n) is 6.60. The van der Waals surface area contributed by atoms with Crippen LogP contribution in [-0.4, -0.2) is 16.4 Å². The molecule has 2 N–H and O–H groups in total. The normalized spacial score (nSPS) is 26.4. The van der Waals surface area contributed by atoms with Crippen molar-refractivity contribution in [1.29, 1.82) is 0 Å². The van der Waals surface area contributed by atoms with Crippen molar-refractivity contribution < 1.29 is 9.37 Å². The maximum Gasteiger partial charge on any atom is 0.179 e. The van der Waals surface area contributed by atoms with Gasteiger partial charge in [-0.3, -0.25) is 0 Å². The number of rotatable bonds is 3. The second kappa shape index (κ2) is 5.54. The van der Waals surface area contributed by atoms with Crippen LogP contribution in [-0.2, 0) is 0 Å². The van der Waals surface area contributed by atoms with Gasteiger partial charge in [0.15, 0.2) is 16.8 Å². The van der Waals surface area contributed by atoms with Crippen molar-refractivity contribution in [2.45, 2.75) is 46.1 Å². The molecule has 1 aromatic carbocycles. The van der Waals surface area contributed by atoms with E-state index < -0.39 is 0 Å². The fourth-order valence-corrected chi connectivity index (χ4v) is 3.37. The molecule has 3 unspecified atom stereocenters. The molecule has 114 valence electrons. The summed E-state index contributed by atoms with van der Waals surface area (Å²) in [5, 5.41) is 7.79. The molecule has 1 aliphatic rings. The number of hydrogen-bond donors (Lipinski definition) is 1. The van der Waals surface area contributed by atoms with Gasteiger partial charge in [0.1, 0.15) is 6.10 Å². The lowest BCUT2D eigenvalue weighted by Crippen LogP contribution is -2.36. The number of nitrogens with zero attached hydrogens (tertiary/aromatic N) is 2. The van der Waals surface area contributed by atoms with Gasteiger partial charge in [-0.05, 0) is 53.0 Å². The Hall–Kier alpha value is -1.78. The molecule has 1 fully saturated rings. The summed E-state index contributed by atoms with van der Waals surface area (Å²) in [7, 11) is 0. The predicted octanol–water partition coefficient (Wildman–Crippen LogP) is 3.64. The summed E-state index contributed by atoms with van der Waals surface area (Å²) in [6.45, 7) is 6.84. The van der Waals surface area contributed by atoms with Crippen molar-refractivity contribution in [3.05, 3.63) is 12.1 Å². The average molecular weight is 289 g/mol. The first kappa shape index (κ1) is 14.2. The fraction of sp³-hybridized carbons (Fsp3) is 0.625. The fourth-order valence-electron chi connectivity index (χ4n) is 3.37. The Morgan fingerprint density at radius 2 is 2.00 bits per heavy atom. The largest absolute Gasteiger partial charge is 0.488 e. The number of fused-ring (bicyclic) bond motifs is 1. The highest BCUT2D eigenvalue weighted by atomic mass is 16.6. The Morgan fingerprint density at radius 1 is 1.24 bits per heavy atom. The molecule has 1 aliphatic carbocycles. The number of aromatic nitrogens is 2. The first-order chi connectivity index (χ1) is 10.1. The molecule has 1 saturated carbocycles. The summed E-state index contributed by atoms with van der Waals surface area (Å²) in [6.07, 6.45) is 3.81. The minimum Gasteiger partial charge on any atom is -0.488 e. The second-order valence-corrected chi connectivity index (χ2v) is 6.60. The Balaban J connectivity index is 1.89. The lowest BCUT2D eigenvalue weighted by atomic mass is 9.75. The molecule has 1 heterocycles. The highest BCUT2D eigenvalue weighted by Crippen LogP contribution is 2.37. The first-order valence-corrected chi connectivity index (χ1v) is 7.73. The van der Waals surface area contributed by atoms with E-state index in [1.165, 1.54) is 12.8 Å². The number of anilines is 1. The molecule has 21 heavy (non-hydrogen) atoms. The van der Waals surface area contributed by atoms with E-state index in [4.69, 9.17) is 15.1 Å². The number of nitrogens with two attached hydrogens (primary N) is 1. The van der Waals surface area contributed by atoms with Crippen LogP contribution >= 0.6 is 0 Å². The number of hydrogen-bond acceptors (Lipinski definition) is 5. The first-order valence-electron chi connectivity index (χ1n) is 7.73. The third-order valence-corrected chi connectivity index (χ3v) is 4.65. The van der Waals surface area contributed by atoms with Crippen molar-refractivity contribution in [3.8, 4) is 5.75 Å². The van der Waals surface area contributed by atoms with E-state index in [2.05, 4.69) is 31.1 Å². The number of benzene rings is 1. The minimum absolute atomic E-state index is 0.220. The van der Waals surface area contributed by atoms with Crippen molar-refractivity contribution >= 4 is 16.7 Å². The quantitative estimate of drug-likeness (QED) is 0.873. The summed E-state index contributed by atoms with van der Waals surface area (Å²) in [6, 6.07) is 3.68. The van der Waals surface area contributed by atoms with E-state index in [-0.39, 0.29) is 6.10 Å². The zero-order chi connectivity index (χ0) is 15.0. The molecule has 0 saturated heterocycles. The van der Waals surface area contributed by atoms with Crippen molar-refractivity contribution in [2.24, 2.45) is 17.8 Å². The van der Waals surface area contributed by atoms with Crippen molar-refractivity contribution in [1.82, 2.24) is 10.3 Å². The molecule has 0 aliphatic heterocycles. The van der Waals surface area contributed by atoms with Gasteiger partial charge in [-0.1, -0.05) is 27.2 Å². The van der Waals surface area contributed by atoms with Crippen LogP contribution in [0.2, 0.25) is 0 Å². The zero-order valence-electron chi connectivity index (χ0n) is 12.9. The van der Waals surface area contributed by atoms with Gasteiger partial charge in [0.25, 0.3) is 0 Å². The maximum absolute atomic E-state index is 6.31. The minimum atomic E-state index is 0.220. The Kier molecular flexibility index (Phi) is 3.74. The molecule has 0 amide bonds. The van der Waals surface area contributed by atoms with Gasteiger partial charge in [0.2, 0.25) is 0 Å². The molecule has 3 rings (SSSR count). The average Bonchev–Trinajstić information content (AvgIpc) is 2.92. The van der Waals surface area contributed by atoms with Crippen LogP contribution in [0.5, 0.6) is 5.75 Å². The van der Waals surface area contributed by atoms with E-state index in [0.717, 1.165) is 12.2 Å². The van der Waals surface area contributed by atoms with Crippen LogP contribution in [0.1, 0.15) is 40.0 Å². The van der Waals surface area contributed by atoms with Gasteiger partial charge in [-0.2, -0.15) is 0 Å².